The lowest BCUT2D eigenvalue weighted by Gasteiger charge is -1.88. The van der Waals surface area contributed by atoms with Crippen molar-refractivity contribution in [1.82, 2.24) is 4.57 Å². The SMILES string of the molecule is Cn1cc(C=O)cc1O. The number of hydrogen-bond donors (Lipinski definition) is 1. The molecular formula is C6H7NO2. The van der Waals surface area contributed by atoms with Crippen molar-refractivity contribution in [3.63, 3.8) is 0 Å². The predicted molar refractivity (Wildman–Crippen MR) is 32.5 cm³/mol. The third-order valence-electron chi connectivity index (χ3n) is 1.14. The van der Waals surface area contributed by atoms with Gasteiger partial charge in [0.15, 0.2) is 12.2 Å². The summed E-state index contributed by atoms with van der Waals surface area (Å²) in [5.74, 6) is 0.108. The molecule has 1 N–H and O–H groups in total. The molecule has 0 atom stereocenters. The van der Waals surface area contributed by atoms with Crippen molar-refractivity contribution < 1.29 is 9.90 Å². The standard InChI is InChI=1S/C6H7NO2/c1-7-3-5(4-8)2-6(7)9/h2-4,9H,1H3. The topological polar surface area (TPSA) is 42.2 Å². The Bertz CT molecular complexity index is 207. The number of aromatic hydroxyl groups is 1. The predicted octanol–water partition coefficient (Wildman–Crippen LogP) is 0.543. The molecule has 0 aromatic carbocycles. The molecule has 1 heterocycles. The molecule has 9 heavy (non-hydrogen) atoms. The summed E-state index contributed by atoms with van der Waals surface area (Å²) in [5, 5.41) is 8.88. The van der Waals surface area contributed by atoms with E-state index in [1.165, 1.54) is 10.6 Å². The summed E-state index contributed by atoms with van der Waals surface area (Å²) in [6.45, 7) is 0. The average molecular weight is 125 g/mol. The maximum Gasteiger partial charge on any atom is 0.191 e. The van der Waals surface area contributed by atoms with Gasteiger partial charge in [-0.2, -0.15) is 0 Å². The molecule has 0 radical (unpaired) electrons. The van der Waals surface area contributed by atoms with E-state index in [9.17, 15) is 4.79 Å². The molecule has 0 saturated carbocycles. The number of carbonyl (C=O) groups excluding carboxylic acids is 1. The molecule has 0 fully saturated rings. The largest absolute Gasteiger partial charge is 0.494 e. The molecule has 0 saturated heterocycles. The first-order valence-electron chi connectivity index (χ1n) is 2.54. The maximum absolute atomic E-state index is 10.0. The monoisotopic (exact) mass is 125 g/mol. The first-order chi connectivity index (χ1) is 4.24. The lowest BCUT2D eigenvalue weighted by molar-refractivity contribution is 0.112. The lowest BCUT2D eigenvalue weighted by Crippen LogP contribution is -1.80. The zero-order valence-electron chi connectivity index (χ0n) is 5.03. The summed E-state index contributed by atoms with van der Waals surface area (Å²) >= 11 is 0. The van der Waals surface area contributed by atoms with Crippen LogP contribution in [0.2, 0.25) is 0 Å². The molecule has 1 aromatic rings. The number of rotatable bonds is 1. The molecule has 0 amide bonds. The van der Waals surface area contributed by atoms with Gasteiger partial charge in [0.2, 0.25) is 0 Å². The smallest absolute Gasteiger partial charge is 0.191 e. The first kappa shape index (κ1) is 5.88. The fraction of sp³-hybridized carbons (Fsp3) is 0.167. The highest BCUT2D eigenvalue weighted by atomic mass is 16.3. The minimum Gasteiger partial charge on any atom is -0.494 e. The summed E-state index contributed by atoms with van der Waals surface area (Å²) in [7, 11) is 1.67. The fourth-order valence-electron chi connectivity index (χ4n) is 0.642. The van der Waals surface area contributed by atoms with Crippen LogP contribution in [0.25, 0.3) is 0 Å². The van der Waals surface area contributed by atoms with Gasteiger partial charge < -0.3 is 9.67 Å². The van der Waals surface area contributed by atoms with Crippen molar-refractivity contribution in [1.29, 1.82) is 0 Å². The Kier molecular flexibility index (Phi) is 1.26. The van der Waals surface area contributed by atoms with Gasteiger partial charge in [-0.25, -0.2) is 0 Å². The molecule has 0 aliphatic rings. The Morgan fingerprint density at radius 1 is 1.78 bits per heavy atom. The molecule has 0 aliphatic heterocycles. The lowest BCUT2D eigenvalue weighted by atomic mass is 10.4. The van der Waals surface area contributed by atoms with Gasteiger partial charge in [0.1, 0.15) is 0 Å². The van der Waals surface area contributed by atoms with E-state index in [4.69, 9.17) is 5.11 Å². The van der Waals surface area contributed by atoms with E-state index >= 15 is 0 Å². The molecular weight excluding hydrogens is 118 g/mol. The van der Waals surface area contributed by atoms with E-state index in [-0.39, 0.29) is 5.88 Å². The Morgan fingerprint density at radius 3 is 2.67 bits per heavy atom. The Morgan fingerprint density at radius 2 is 2.44 bits per heavy atom. The van der Waals surface area contributed by atoms with Crippen molar-refractivity contribution in [2.24, 2.45) is 7.05 Å². The third-order valence-corrected chi connectivity index (χ3v) is 1.14. The number of aromatic nitrogens is 1. The van der Waals surface area contributed by atoms with Crippen LogP contribution in [0.3, 0.4) is 0 Å². The van der Waals surface area contributed by atoms with Gasteiger partial charge in [0, 0.05) is 24.9 Å². The summed E-state index contributed by atoms with van der Waals surface area (Å²) < 4.78 is 1.48. The minimum absolute atomic E-state index is 0.108. The third kappa shape index (κ3) is 0.937. The van der Waals surface area contributed by atoms with Crippen LogP contribution in [-0.4, -0.2) is 16.0 Å². The second kappa shape index (κ2) is 1.93. The number of nitrogens with zero attached hydrogens (tertiary/aromatic N) is 1. The zero-order valence-corrected chi connectivity index (χ0v) is 5.03. The van der Waals surface area contributed by atoms with Crippen LogP contribution < -0.4 is 0 Å². The highest BCUT2D eigenvalue weighted by Gasteiger charge is 1.96. The van der Waals surface area contributed by atoms with Gasteiger partial charge >= 0.3 is 0 Å². The van der Waals surface area contributed by atoms with Crippen LogP contribution in [0.15, 0.2) is 12.3 Å². The van der Waals surface area contributed by atoms with Crippen molar-refractivity contribution >= 4 is 6.29 Å². The van der Waals surface area contributed by atoms with Crippen molar-refractivity contribution in [3.8, 4) is 5.88 Å². The van der Waals surface area contributed by atoms with Gasteiger partial charge in [0.05, 0.1) is 0 Å². The van der Waals surface area contributed by atoms with E-state index in [1.807, 2.05) is 0 Å². The van der Waals surface area contributed by atoms with Crippen LogP contribution in [0.4, 0.5) is 0 Å². The van der Waals surface area contributed by atoms with Gasteiger partial charge in [-0.3, -0.25) is 4.79 Å². The summed E-state index contributed by atoms with van der Waals surface area (Å²) in [5.41, 5.74) is 0.495. The summed E-state index contributed by atoms with van der Waals surface area (Å²) in [6.07, 6.45) is 2.25. The molecule has 1 aromatic heterocycles. The van der Waals surface area contributed by atoms with Crippen LogP contribution in [0.5, 0.6) is 5.88 Å². The summed E-state index contributed by atoms with van der Waals surface area (Å²) in [6, 6.07) is 1.41. The van der Waals surface area contributed by atoms with Gasteiger partial charge in [-0.15, -0.1) is 0 Å². The zero-order chi connectivity index (χ0) is 6.85. The molecule has 1 rings (SSSR count). The molecule has 0 bridgehead atoms. The molecule has 0 aliphatic carbocycles. The van der Waals surface area contributed by atoms with Gasteiger partial charge in [0.25, 0.3) is 0 Å². The molecule has 0 spiro atoms. The number of carbonyl (C=O) groups is 1. The van der Waals surface area contributed by atoms with Gasteiger partial charge in [-0.1, -0.05) is 0 Å². The molecule has 48 valence electrons. The van der Waals surface area contributed by atoms with E-state index in [2.05, 4.69) is 0 Å². The Labute approximate surface area is 52.5 Å². The second-order valence-corrected chi connectivity index (χ2v) is 1.86. The maximum atomic E-state index is 10.0. The van der Waals surface area contributed by atoms with Crippen molar-refractivity contribution in [3.05, 3.63) is 17.8 Å². The minimum atomic E-state index is 0.108. The number of aldehydes is 1. The van der Waals surface area contributed by atoms with Crippen LogP contribution in [-0.2, 0) is 7.05 Å². The highest BCUT2D eigenvalue weighted by Crippen LogP contribution is 2.10. The van der Waals surface area contributed by atoms with Crippen LogP contribution in [0.1, 0.15) is 10.4 Å². The van der Waals surface area contributed by atoms with Crippen LogP contribution >= 0.6 is 0 Å². The van der Waals surface area contributed by atoms with Crippen molar-refractivity contribution in [2.75, 3.05) is 0 Å². The normalized spacial score (nSPS) is 9.44. The van der Waals surface area contributed by atoms with E-state index in [1.54, 1.807) is 13.2 Å². The number of hydrogen-bond acceptors (Lipinski definition) is 2. The Hall–Kier alpha value is -1.25. The summed E-state index contributed by atoms with van der Waals surface area (Å²) in [4.78, 5) is 10.0. The quantitative estimate of drug-likeness (QED) is 0.557. The van der Waals surface area contributed by atoms with Crippen LogP contribution in [0, 0.1) is 0 Å². The molecule has 3 nitrogen and oxygen atoms in total. The number of aryl methyl sites for hydroxylation is 1. The van der Waals surface area contributed by atoms with E-state index < -0.39 is 0 Å². The van der Waals surface area contributed by atoms with Crippen molar-refractivity contribution in [2.45, 2.75) is 0 Å². The Balaban J connectivity index is 3.11. The molecule has 0 unspecified atom stereocenters. The second-order valence-electron chi connectivity index (χ2n) is 1.86. The van der Waals surface area contributed by atoms with Gasteiger partial charge in [-0.05, 0) is 0 Å². The van der Waals surface area contributed by atoms with E-state index in [0.29, 0.717) is 11.8 Å². The average Bonchev–Trinajstić information content (AvgIpc) is 2.13. The first-order valence-corrected chi connectivity index (χ1v) is 2.54. The fourth-order valence-corrected chi connectivity index (χ4v) is 0.642. The molecule has 3 heteroatoms. The highest BCUT2D eigenvalue weighted by molar-refractivity contribution is 5.75. The van der Waals surface area contributed by atoms with E-state index in [0.717, 1.165) is 0 Å².